The van der Waals surface area contributed by atoms with Crippen molar-refractivity contribution in [1.29, 1.82) is 0 Å². The van der Waals surface area contributed by atoms with Crippen LogP contribution in [0.15, 0.2) is 40.8 Å². The van der Waals surface area contributed by atoms with E-state index in [1.165, 1.54) is 34.9 Å². The first-order chi connectivity index (χ1) is 12.5. The molecule has 1 heterocycles. The average molecular weight is 380 g/mol. The van der Waals surface area contributed by atoms with Gasteiger partial charge in [0.2, 0.25) is 15.9 Å². The zero-order valence-electron chi connectivity index (χ0n) is 14.8. The number of nitrogens with zero attached hydrogens (tertiary/aromatic N) is 1. The summed E-state index contributed by atoms with van der Waals surface area (Å²) in [4.78, 5) is 12.6. The van der Waals surface area contributed by atoms with Gasteiger partial charge in [-0.05, 0) is 69.2 Å². The lowest BCUT2D eigenvalue weighted by atomic mass is 9.97. The number of nitrogens with one attached hydrogen (secondary N) is 1. The van der Waals surface area contributed by atoms with Gasteiger partial charge < -0.3 is 5.32 Å². The largest absolute Gasteiger partial charge is 0.354 e. The van der Waals surface area contributed by atoms with Crippen LogP contribution in [-0.2, 0) is 14.8 Å². The molecule has 1 aromatic carbocycles. The van der Waals surface area contributed by atoms with Crippen molar-refractivity contribution >= 4 is 15.9 Å². The van der Waals surface area contributed by atoms with Gasteiger partial charge in [0.1, 0.15) is 11.9 Å². The number of allylic oxidation sites excluding steroid dienone is 1. The summed E-state index contributed by atoms with van der Waals surface area (Å²) in [6, 6.07) is 4.04. The van der Waals surface area contributed by atoms with Crippen LogP contribution in [0.1, 0.15) is 44.9 Å². The molecule has 7 heteroatoms. The van der Waals surface area contributed by atoms with Crippen LogP contribution in [0.4, 0.5) is 4.39 Å². The molecule has 1 N–H and O–H groups in total. The van der Waals surface area contributed by atoms with Crippen molar-refractivity contribution < 1.29 is 17.6 Å². The summed E-state index contributed by atoms with van der Waals surface area (Å²) in [6.45, 7) is 0.842. The summed E-state index contributed by atoms with van der Waals surface area (Å²) in [5.41, 5.74) is 1.37. The number of amides is 1. The van der Waals surface area contributed by atoms with E-state index in [0.29, 0.717) is 25.9 Å². The van der Waals surface area contributed by atoms with E-state index in [1.54, 1.807) is 0 Å². The molecule has 0 bridgehead atoms. The standard InChI is InChI=1S/C19H25FN2O3S/c20-16-8-10-17(11-9-16)26(24,25)22-14-4-7-18(22)19(23)21-13-12-15-5-2-1-3-6-15/h5,8-11,18H,1-4,6-7,12-14H2,(H,21,23). The van der Waals surface area contributed by atoms with E-state index in [1.807, 2.05) is 0 Å². The Morgan fingerprint density at radius 2 is 1.96 bits per heavy atom. The second-order valence-corrected chi connectivity index (χ2v) is 8.77. The van der Waals surface area contributed by atoms with Crippen LogP contribution in [-0.4, -0.2) is 37.8 Å². The normalized spacial score (nSPS) is 21.4. The highest BCUT2D eigenvalue weighted by atomic mass is 32.2. The fourth-order valence-electron chi connectivity index (χ4n) is 3.63. The summed E-state index contributed by atoms with van der Waals surface area (Å²) in [7, 11) is -3.80. The maximum Gasteiger partial charge on any atom is 0.243 e. The van der Waals surface area contributed by atoms with Gasteiger partial charge >= 0.3 is 0 Å². The van der Waals surface area contributed by atoms with E-state index in [0.717, 1.165) is 31.4 Å². The fraction of sp³-hybridized carbons (Fsp3) is 0.526. The van der Waals surface area contributed by atoms with Crippen LogP contribution in [0.25, 0.3) is 0 Å². The Kier molecular flexibility index (Phi) is 6.09. The SMILES string of the molecule is O=C(NCCC1=CCCCC1)C1CCCN1S(=O)(=O)c1ccc(F)cc1. The zero-order valence-corrected chi connectivity index (χ0v) is 15.6. The lowest BCUT2D eigenvalue weighted by molar-refractivity contribution is -0.124. The third kappa shape index (κ3) is 4.32. The second-order valence-electron chi connectivity index (χ2n) is 6.88. The van der Waals surface area contributed by atoms with Gasteiger partial charge in [-0.1, -0.05) is 11.6 Å². The third-order valence-corrected chi connectivity index (χ3v) is 6.98. The molecule has 1 aliphatic heterocycles. The Morgan fingerprint density at radius 1 is 1.19 bits per heavy atom. The Morgan fingerprint density at radius 3 is 2.65 bits per heavy atom. The zero-order chi connectivity index (χ0) is 18.6. The molecule has 1 aliphatic carbocycles. The first-order valence-corrected chi connectivity index (χ1v) is 10.7. The van der Waals surface area contributed by atoms with E-state index in [-0.39, 0.29) is 10.8 Å². The topological polar surface area (TPSA) is 66.5 Å². The van der Waals surface area contributed by atoms with Gasteiger partial charge in [0.15, 0.2) is 0 Å². The van der Waals surface area contributed by atoms with E-state index in [9.17, 15) is 17.6 Å². The first-order valence-electron chi connectivity index (χ1n) is 9.21. The van der Waals surface area contributed by atoms with E-state index in [2.05, 4.69) is 11.4 Å². The number of sulfonamides is 1. The third-order valence-electron chi connectivity index (χ3n) is 5.06. The molecule has 1 saturated heterocycles. The molecule has 1 fully saturated rings. The summed E-state index contributed by atoms with van der Waals surface area (Å²) >= 11 is 0. The molecule has 3 rings (SSSR count). The predicted molar refractivity (Wildman–Crippen MR) is 97.5 cm³/mol. The highest BCUT2D eigenvalue weighted by Gasteiger charge is 2.39. The molecule has 0 aromatic heterocycles. The quantitative estimate of drug-likeness (QED) is 0.772. The molecule has 0 spiro atoms. The highest BCUT2D eigenvalue weighted by Crippen LogP contribution is 2.26. The van der Waals surface area contributed by atoms with Gasteiger partial charge in [0.25, 0.3) is 0 Å². The number of halogens is 1. The van der Waals surface area contributed by atoms with Crippen molar-refractivity contribution in [3.8, 4) is 0 Å². The molecule has 0 saturated carbocycles. The van der Waals surface area contributed by atoms with Crippen molar-refractivity contribution in [1.82, 2.24) is 9.62 Å². The van der Waals surface area contributed by atoms with Gasteiger partial charge in [0, 0.05) is 13.1 Å². The molecule has 2 aliphatic rings. The maximum atomic E-state index is 13.1. The van der Waals surface area contributed by atoms with E-state index in [4.69, 9.17) is 0 Å². The van der Waals surface area contributed by atoms with E-state index < -0.39 is 21.9 Å². The average Bonchev–Trinajstić information content (AvgIpc) is 3.14. The molecule has 0 radical (unpaired) electrons. The molecule has 1 atom stereocenters. The van der Waals surface area contributed by atoms with Gasteiger partial charge in [-0.2, -0.15) is 4.31 Å². The van der Waals surface area contributed by atoms with Crippen LogP contribution in [0.2, 0.25) is 0 Å². The summed E-state index contributed by atoms with van der Waals surface area (Å²) < 4.78 is 39.9. The minimum absolute atomic E-state index is 0.0194. The highest BCUT2D eigenvalue weighted by molar-refractivity contribution is 7.89. The number of carbonyl (C=O) groups is 1. The van der Waals surface area contributed by atoms with Crippen LogP contribution < -0.4 is 5.32 Å². The van der Waals surface area contributed by atoms with Crippen LogP contribution in [0, 0.1) is 5.82 Å². The lowest BCUT2D eigenvalue weighted by Gasteiger charge is -2.23. The molecular weight excluding hydrogens is 355 g/mol. The smallest absolute Gasteiger partial charge is 0.243 e. The molecule has 26 heavy (non-hydrogen) atoms. The predicted octanol–water partition coefficient (Wildman–Crippen LogP) is 2.99. The Hall–Kier alpha value is -1.73. The van der Waals surface area contributed by atoms with Gasteiger partial charge in [0.05, 0.1) is 4.90 Å². The van der Waals surface area contributed by atoms with Crippen molar-refractivity contribution in [3.63, 3.8) is 0 Å². The Bertz CT molecular complexity index is 774. The minimum Gasteiger partial charge on any atom is -0.354 e. The molecule has 142 valence electrons. The van der Waals surface area contributed by atoms with Crippen molar-refractivity contribution in [2.75, 3.05) is 13.1 Å². The van der Waals surface area contributed by atoms with Crippen molar-refractivity contribution in [2.45, 2.75) is 55.9 Å². The summed E-state index contributed by atoms with van der Waals surface area (Å²) in [6.07, 6.45) is 8.85. The van der Waals surface area contributed by atoms with Crippen molar-refractivity contribution in [2.24, 2.45) is 0 Å². The monoisotopic (exact) mass is 380 g/mol. The number of carbonyl (C=O) groups excluding carboxylic acids is 1. The summed E-state index contributed by atoms with van der Waals surface area (Å²) in [5.74, 6) is -0.735. The van der Waals surface area contributed by atoms with Crippen LogP contribution >= 0.6 is 0 Å². The van der Waals surface area contributed by atoms with Gasteiger partial charge in [-0.3, -0.25) is 4.79 Å². The number of benzene rings is 1. The first kappa shape index (κ1) is 19.0. The molecule has 1 unspecified atom stereocenters. The Labute approximate surface area is 154 Å². The second kappa shape index (κ2) is 8.31. The van der Waals surface area contributed by atoms with E-state index >= 15 is 0 Å². The molecule has 1 amide bonds. The maximum absolute atomic E-state index is 13.1. The molecular formula is C19H25FN2O3S. The van der Waals surface area contributed by atoms with Crippen LogP contribution in [0.3, 0.4) is 0 Å². The lowest BCUT2D eigenvalue weighted by Crippen LogP contribution is -2.46. The number of hydrogen-bond donors (Lipinski definition) is 1. The molecule has 1 aromatic rings. The Balaban J connectivity index is 1.62. The molecule has 5 nitrogen and oxygen atoms in total. The van der Waals surface area contributed by atoms with Gasteiger partial charge in [-0.25, -0.2) is 12.8 Å². The minimum atomic E-state index is -3.80. The van der Waals surface area contributed by atoms with Gasteiger partial charge in [-0.15, -0.1) is 0 Å². The number of hydrogen-bond acceptors (Lipinski definition) is 3. The van der Waals surface area contributed by atoms with Crippen molar-refractivity contribution in [3.05, 3.63) is 41.7 Å². The van der Waals surface area contributed by atoms with Crippen LogP contribution in [0.5, 0.6) is 0 Å². The summed E-state index contributed by atoms with van der Waals surface area (Å²) in [5, 5.41) is 2.89. The number of rotatable bonds is 6. The fourth-order valence-corrected chi connectivity index (χ4v) is 5.28.